The molecule has 102 valence electrons. The van der Waals surface area contributed by atoms with Crippen molar-refractivity contribution in [3.05, 3.63) is 11.9 Å². The van der Waals surface area contributed by atoms with Gasteiger partial charge in [0.15, 0.2) is 5.75 Å². The standard InChI is InChI=1S/C13H24N4O/c1-16(2)6-7-17-13(12(18-3)9-15-17)11(14)8-10-4-5-10/h9-11H,4-8,14H2,1-3H3. The third kappa shape index (κ3) is 3.23. The Morgan fingerprint density at radius 2 is 2.28 bits per heavy atom. The lowest BCUT2D eigenvalue weighted by molar-refractivity contribution is 0.358. The summed E-state index contributed by atoms with van der Waals surface area (Å²) in [5, 5.41) is 4.39. The predicted molar refractivity (Wildman–Crippen MR) is 71.6 cm³/mol. The molecule has 0 radical (unpaired) electrons. The van der Waals surface area contributed by atoms with Crippen LogP contribution in [0.5, 0.6) is 5.75 Å². The zero-order chi connectivity index (χ0) is 13.1. The lowest BCUT2D eigenvalue weighted by Gasteiger charge is -2.17. The van der Waals surface area contributed by atoms with Crippen molar-refractivity contribution >= 4 is 0 Å². The summed E-state index contributed by atoms with van der Waals surface area (Å²) in [5.41, 5.74) is 7.36. The number of likely N-dealkylation sites (N-methyl/N-ethyl adjacent to an activating group) is 1. The maximum absolute atomic E-state index is 6.31. The summed E-state index contributed by atoms with van der Waals surface area (Å²) < 4.78 is 7.37. The molecule has 5 heteroatoms. The lowest BCUT2D eigenvalue weighted by atomic mass is 10.1. The first-order valence-electron chi connectivity index (χ1n) is 6.61. The SMILES string of the molecule is COc1cnn(CCN(C)C)c1C(N)CC1CC1. The van der Waals surface area contributed by atoms with E-state index in [-0.39, 0.29) is 6.04 Å². The number of hydrogen-bond acceptors (Lipinski definition) is 4. The molecule has 2 rings (SSSR count). The van der Waals surface area contributed by atoms with Crippen LogP contribution in [0.25, 0.3) is 0 Å². The van der Waals surface area contributed by atoms with Crippen LogP contribution in [0.2, 0.25) is 0 Å². The molecule has 0 aromatic carbocycles. The van der Waals surface area contributed by atoms with E-state index in [0.29, 0.717) is 0 Å². The van der Waals surface area contributed by atoms with Crippen LogP contribution in [-0.2, 0) is 6.54 Å². The number of rotatable bonds is 7. The first-order chi connectivity index (χ1) is 8.61. The largest absolute Gasteiger partial charge is 0.493 e. The zero-order valence-corrected chi connectivity index (χ0v) is 11.6. The van der Waals surface area contributed by atoms with Gasteiger partial charge in [-0.25, -0.2) is 0 Å². The Kier molecular flexibility index (Phi) is 4.24. The molecule has 0 amide bonds. The van der Waals surface area contributed by atoms with E-state index in [0.717, 1.165) is 36.9 Å². The second kappa shape index (κ2) is 5.71. The second-order valence-corrected chi connectivity index (χ2v) is 5.41. The molecule has 1 aromatic rings. The van der Waals surface area contributed by atoms with Gasteiger partial charge in [0.05, 0.1) is 31.6 Å². The summed E-state index contributed by atoms with van der Waals surface area (Å²) in [7, 11) is 5.80. The normalized spacial score (nSPS) is 17.2. The molecule has 2 N–H and O–H groups in total. The van der Waals surface area contributed by atoms with Crippen LogP contribution in [0.1, 0.15) is 31.0 Å². The van der Waals surface area contributed by atoms with Crippen molar-refractivity contribution in [1.82, 2.24) is 14.7 Å². The third-order valence-corrected chi connectivity index (χ3v) is 3.46. The summed E-state index contributed by atoms with van der Waals surface area (Å²) in [6.07, 6.45) is 5.46. The molecule has 0 aliphatic heterocycles. The van der Waals surface area contributed by atoms with E-state index in [1.165, 1.54) is 12.8 Å². The number of aromatic nitrogens is 2. The highest BCUT2D eigenvalue weighted by atomic mass is 16.5. The number of nitrogens with two attached hydrogens (primary N) is 1. The van der Waals surface area contributed by atoms with Crippen LogP contribution < -0.4 is 10.5 Å². The van der Waals surface area contributed by atoms with Crippen LogP contribution in [0, 0.1) is 5.92 Å². The van der Waals surface area contributed by atoms with E-state index in [1.807, 2.05) is 4.68 Å². The minimum absolute atomic E-state index is 0.0390. The van der Waals surface area contributed by atoms with Crippen molar-refractivity contribution in [3.63, 3.8) is 0 Å². The average Bonchev–Trinajstić information content (AvgIpc) is 3.03. The topological polar surface area (TPSA) is 56.3 Å². The van der Waals surface area contributed by atoms with Gasteiger partial charge in [-0.1, -0.05) is 12.8 Å². The Labute approximate surface area is 109 Å². The second-order valence-electron chi connectivity index (χ2n) is 5.41. The minimum Gasteiger partial charge on any atom is -0.493 e. The molecule has 1 atom stereocenters. The summed E-state index contributed by atoms with van der Waals surface area (Å²) in [6, 6.07) is 0.0390. The molecule has 5 nitrogen and oxygen atoms in total. The maximum Gasteiger partial charge on any atom is 0.161 e. The number of methoxy groups -OCH3 is 1. The van der Waals surface area contributed by atoms with Crippen LogP contribution in [0.15, 0.2) is 6.20 Å². The fourth-order valence-electron chi connectivity index (χ4n) is 2.21. The number of hydrogen-bond donors (Lipinski definition) is 1. The van der Waals surface area contributed by atoms with E-state index in [4.69, 9.17) is 10.5 Å². The smallest absolute Gasteiger partial charge is 0.161 e. The molecular weight excluding hydrogens is 228 g/mol. The zero-order valence-electron chi connectivity index (χ0n) is 11.6. The Hall–Kier alpha value is -1.07. The quantitative estimate of drug-likeness (QED) is 0.793. The van der Waals surface area contributed by atoms with Gasteiger partial charge in [0, 0.05) is 6.54 Å². The molecule has 1 fully saturated rings. The van der Waals surface area contributed by atoms with Crippen LogP contribution in [0.3, 0.4) is 0 Å². The monoisotopic (exact) mass is 252 g/mol. The summed E-state index contributed by atoms with van der Waals surface area (Å²) in [5.74, 6) is 1.63. The molecule has 0 bridgehead atoms. The van der Waals surface area contributed by atoms with E-state index < -0.39 is 0 Å². The average molecular weight is 252 g/mol. The first kappa shape index (κ1) is 13.4. The highest BCUT2D eigenvalue weighted by Gasteiger charge is 2.28. The van der Waals surface area contributed by atoms with Crippen molar-refractivity contribution in [2.75, 3.05) is 27.7 Å². The van der Waals surface area contributed by atoms with Crippen molar-refractivity contribution in [2.24, 2.45) is 11.7 Å². The van der Waals surface area contributed by atoms with Crippen molar-refractivity contribution < 1.29 is 4.74 Å². The lowest BCUT2D eigenvalue weighted by Crippen LogP contribution is -2.23. The predicted octanol–water partition coefficient (Wildman–Crippen LogP) is 1.25. The van der Waals surface area contributed by atoms with Crippen LogP contribution >= 0.6 is 0 Å². The molecule has 18 heavy (non-hydrogen) atoms. The Morgan fingerprint density at radius 3 is 2.83 bits per heavy atom. The molecule has 0 spiro atoms. The highest BCUT2D eigenvalue weighted by molar-refractivity contribution is 5.28. The van der Waals surface area contributed by atoms with Crippen LogP contribution in [0.4, 0.5) is 0 Å². The summed E-state index contributed by atoms with van der Waals surface area (Å²) in [4.78, 5) is 2.14. The third-order valence-electron chi connectivity index (χ3n) is 3.46. The van der Waals surface area contributed by atoms with Gasteiger partial charge in [0.2, 0.25) is 0 Å². The molecule has 1 aromatic heterocycles. The van der Waals surface area contributed by atoms with E-state index in [9.17, 15) is 0 Å². The van der Waals surface area contributed by atoms with E-state index >= 15 is 0 Å². The van der Waals surface area contributed by atoms with Gasteiger partial charge in [0.25, 0.3) is 0 Å². The first-order valence-corrected chi connectivity index (χ1v) is 6.61. The molecule has 1 unspecified atom stereocenters. The van der Waals surface area contributed by atoms with E-state index in [2.05, 4.69) is 24.1 Å². The van der Waals surface area contributed by atoms with Gasteiger partial charge < -0.3 is 15.4 Å². The number of nitrogens with zero attached hydrogens (tertiary/aromatic N) is 3. The van der Waals surface area contributed by atoms with Gasteiger partial charge in [-0.2, -0.15) is 5.10 Å². The highest BCUT2D eigenvalue weighted by Crippen LogP contribution is 2.38. The minimum atomic E-state index is 0.0390. The van der Waals surface area contributed by atoms with Gasteiger partial charge in [-0.3, -0.25) is 4.68 Å². The molecule has 0 saturated heterocycles. The fraction of sp³-hybridized carbons (Fsp3) is 0.769. The Morgan fingerprint density at radius 1 is 1.56 bits per heavy atom. The molecule has 1 aliphatic carbocycles. The molecular formula is C13H24N4O. The summed E-state index contributed by atoms with van der Waals surface area (Å²) in [6.45, 7) is 1.80. The van der Waals surface area contributed by atoms with Crippen molar-refractivity contribution in [2.45, 2.75) is 31.8 Å². The van der Waals surface area contributed by atoms with E-state index in [1.54, 1.807) is 13.3 Å². The fourth-order valence-corrected chi connectivity index (χ4v) is 2.21. The molecule has 1 heterocycles. The van der Waals surface area contributed by atoms with Gasteiger partial charge in [0.1, 0.15) is 0 Å². The van der Waals surface area contributed by atoms with Crippen molar-refractivity contribution in [3.8, 4) is 5.75 Å². The summed E-state index contributed by atoms with van der Waals surface area (Å²) >= 11 is 0. The van der Waals surface area contributed by atoms with Crippen molar-refractivity contribution in [1.29, 1.82) is 0 Å². The Balaban J connectivity index is 2.09. The van der Waals surface area contributed by atoms with Gasteiger partial charge in [-0.05, 0) is 26.4 Å². The van der Waals surface area contributed by atoms with Crippen LogP contribution in [-0.4, -0.2) is 42.4 Å². The maximum atomic E-state index is 6.31. The Bertz CT molecular complexity index is 384. The number of ether oxygens (including phenoxy) is 1. The molecule has 1 aliphatic rings. The molecule has 1 saturated carbocycles. The van der Waals surface area contributed by atoms with Gasteiger partial charge >= 0.3 is 0 Å². The van der Waals surface area contributed by atoms with Gasteiger partial charge in [-0.15, -0.1) is 0 Å².